The highest BCUT2D eigenvalue weighted by molar-refractivity contribution is 5.83. The molecule has 4 heteroatoms. The number of likely N-dealkylation sites (tertiary alicyclic amines) is 1. The third-order valence-corrected chi connectivity index (χ3v) is 5.46. The van der Waals surface area contributed by atoms with E-state index < -0.39 is 5.41 Å². The highest BCUT2D eigenvalue weighted by Gasteiger charge is 2.44. The number of rotatable bonds is 7. The summed E-state index contributed by atoms with van der Waals surface area (Å²) in [5.41, 5.74) is 1.70. The van der Waals surface area contributed by atoms with Crippen molar-refractivity contribution in [2.24, 2.45) is 0 Å². The highest BCUT2D eigenvalue weighted by atomic mass is 16.5. The van der Waals surface area contributed by atoms with Gasteiger partial charge in [-0.15, -0.1) is 0 Å². The number of nitrogens with zero attached hydrogens (tertiary/aromatic N) is 1. The Kier molecular flexibility index (Phi) is 6.51. The minimum atomic E-state index is -0.523. The third kappa shape index (κ3) is 4.51. The molecule has 1 heterocycles. The van der Waals surface area contributed by atoms with Crippen LogP contribution in [0.1, 0.15) is 30.9 Å². The van der Waals surface area contributed by atoms with Crippen molar-refractivity contribution < 1.29 is 14.3 Å². The van der Waals surface area contributed by atoms with E-state index in [0.717, 1.165) is 49.4 Å². The molecule has 27 heavy (non-hydrogen) atoms. The lowest BCUT2D eigenvalue weighted by molar-refractivity contribution is -0.152. The minimum Gasteiger partial charge on any atom is -0.492 e. The number of esters is 1. The largest absolute Gasteiger partial charge is 0.492 e. The highest BCUT2D eigenvalue weighted by Crippen LogP contribution is 2.36. The van der Waals surface area contributed by atoms with Crippen LogP contribution in [0.2, 0.25) is 0 Å². The van der Waals surface area contributed by atoms with Gasteiger partial charge in [-0.1, -0.05) is 48.5 Å². The number of carbonyl (C=O) groups is 1. The summed E-state index contributed by atoms with van der Waals surface area (Å²) < 4.78 is 11.4. The Hall–Kier alpha value is -2.33. The third-order valence-electron chi connectivity index (χ3n) is 5.46. The quantitative estimate of drug-likeness (QED) is 0.694. The smallest absolute Gasteiger partial charge is 0.316 e. The fraction of sp³-hybridized carbons (Fsp3) is 0.435. The number of benzene rings is 2. The van der Waals surface area contributed by atoms with Gasteiger partial charge >= 0.3 is 5.97 Å². The average molecular weight is 367 g/mol. The van der Waals surface area contributed by atoms with Crippen LogP contribution in [-0.4, -0.2) is 43.7 Å². The van der Waals surface area contributed by atoms with Crippen molar-refractivity contribution in [3.63, 3.8) is 0 Å². The van der Waals surface area contributed by atoms with E-state index in [2.05, 4.69) is 17.9 Å². The van der Waals surface area contributed by atoms with Gasteiger partial charge in [0.2, 0.25) is 0 Å². The molecule has 0 bridgehead atoms. The van der Waals surface area contributed by atoms with Gasteiger partial charge in [0, 0.05) is 6.54 Å². The standard InChI is InChI=1S/C23H29NO3/c1-3-26-22(25)23(20-10-5-4-6-11-20)13-15-24(16-14-23)17-18-27-21-12-8-7-9-19(21)2/h4-12H,3,13-18H2,1-2H3. The monoisotopic (exact) mass is 367 g/mol. The Balaban J connectivity index is 1.59. The van der Waals surface area contributed by atoms with Crippen LogP contribution >= 0.6 is 0 Å². The molecule has 1 fully saturated rings. The SMILES string of the molecule is CCOC(=O)C1(c2ccccc2)CCN(CCOc2ccccc2C)CC1. The van der Waals surface area contributed by atoms with Crippen molar-refractivity contribution in [1.82, 2.24) is 4.90 Å². The molecule has 4 nitrogen and oxygen atoms in total. The lowest BCUT2D eigenvalue weighted by Gasteiger charge is -2.40. The molecule has 0 N–H and O–H groups in total. The van der Waals surface area contributed by atoms with E-state index in [4.69, 9.17) is 9.47 Å². The van der Waals surface area contributed by atoms with Crippen LogP contribution in [-0.2, 0) is 14.9 Å². The number of ether oxygens (including phenoxy) is 2. The van der Waals surface area contributed by atoms with Crippen LogP contribution < -0.4 is 4.74 Å². The van der Waals surface area contributed by atoms with Crippen LogP contribution in [0.25, 0.3) is 0 Å². The van der Waals surface area contributed by atoms with Gasteiger partial charge < -0.3 is 9.47 Å². The summed E-state index contributed by atoms with van der Waals surface area (Å²) in [6.07, 6.45) is 1.56. The van der Waals surface area contributed by atoms with Crippen LogP contribution in [0.4, 0.5) is 0 Å². The molecule has 1 saturated heterocycles. The summed E-state index contributed by atoms with van der Waals surface area (Å²) in [4.78, 5) is 15.2. The maximum Gasteiger partial charge on any atom is 0.316 e. The fourth-order valence-electron chi connectivity index (χ4n) is 3.80. The molecule has 0 atom stereocenters. The molecule has 0 radical (unpaired) electrons. The lowest BCUT2D eigenvalue weighted by Crippen LogP contribution is -2.48. The second kappa shape index (κ2) is 9.05. The van der Waals surface area contributed by atoms with Gasteiger partial charge in [-0.25, -0.2) is 0 Å². The predicted octanol–water partition coefficient (Wildman–Crippen LogP) is 3.97. The molecule has 0 aliphatic carbocycles. The number of hydrogen-bond donors (Lipinski definition) is 0. The van der Waals surface area contributed by atoms with Crippen molar-refractivity contribution >= 4 is 5.97 Å². The molecular weight excluding hydrogens is 338 g/mol. The molecule has 0 unspecified atom stereocenters. The summed E-state index contributed by atoms with van der Waals surface area (Å²) in [5, 5.41) is 0. The average Bonchev–Trinajstić information content (AvgIpc) is 2.71. The number of piperidine rings is 1. The summed E-state index contributed by atoms with van der Waals surface area (Å²) in [7, 11) is 0. The van der Waals surface area contributed by atoms with Crippen LogP contribution in [0, 0.1) is 6.92 Å². The van der Waals surface area contributed by atoms with E-state index in [1.54, 1.807) is 0 Å². The Morgan fingerprint density at radius 2 is 1.70 bits per heavy atom. The Bertz CT molecular complexity index is 736. The first-order valence-electron chi connectivity index (χ1n) is 9.79. The maximum absolute atomic E-state index is 12.8. The Morgan fingerprint density at radius 1 is 1.04 bits per heavy atom. The Morgan fingerprint density at radius 3 is 2.37 bits per heavy atom. The Labute approximate surface area is 162 Å². The predicted molar refractivity (Wildman–Crippen MR) is 107 cm³/mol. The summed E-state index contributed by atoms with van der Waals surface area (Å²) in [6.45, 7) is 7.60. The van der Waals surface area contributed by atoms with Crippen molar-refractivity contribution in [3.05, 3.63) is 65.7 Å². The normalized spacial score (nSPS) is 16.7. The number of carbonyl (C=O) groups excluding carboxylic acids is 1. The number of hydrogen-bond acceptors (Lipinski definition) is 4. The summed E-state index contributed by atoms with van der Waals surface area (Å²) in [5.74, 6) is 0.853. The van der Waals surface area contributed by atoms with Crippen LogP contribution in [0.5, 0.6) is 5.75 Å². The van der Waals surface area contributed by atoms with Crippen LogP contribution in [0.15, 0.2) is 54.6 Å². The molecule has 0 saturated carbocycles. The number of aryl methyl sites for hydroxylation is 1. The zero-order chi connectivity index (χ0) is 19.1. The van der Waals surface area contributed by atoms with Gasteiger partial charge in [-0.2, -0.15) is 0 Å². The van der Waals surface area contributed by atoms with Crippen LogP contribution in [0.3, 0.4) is 0 Å². The van der Waals surface area contributed by atoms with Crippen molar-refractivity contribution in [3.8, 4) is 5.75 Å². The van der Waals surface area contributed by atoms with E-state index >= 15 is 0 Å². The van der Waals surface area contributed by atoms with E-state index in [1.165, 1.54) is 0 Å². The first kappa shape index (κ1) is 19.4. The van der Waals surface area contributed by atoms with Crippen molar-refractivity contribution in [1.29, 1.82) is 0 Å². The van der Waals surface area contributed by atoms with Gasteiger partial charge in [-0.05, 0) is 57.0 Å². The van der Waals surface area contributed by atoms with E-state index in [0.29, 0.717) is 13.2 Å². The van der Waals surface area contributed by atoms with E-state index in [-0.39, 0.29) is 5.97 Å². The molecule has 144 valence electrons. The zero-order valence-electron chi connectivity index (χ0n) is 16.3. The molecular formula is C23H29NO3. The van der Waals surface area contributed by atoms with Crippen molar-refractivity contribution in [2.45, 2.75) is 32.1 Å². The molecule has 2 aromatic carbocycles. The first-order chi connectivity index (χ1) is 13.2. The molecule has 0 spiro atoms. The summed E-state index contributed by atoms with van der Waals surface area (Å²) in [6, 6.07) is 18.2. The molecule has 1 aliphatic rings. The number of para-hydroxylation sites is 1. The molecule has 0 amide bonds. The van der Waals surface area contributed by atoms with Gasteiger partial charge in [0.05, 0.1) is 12.0 Å². The maximum atomic E-state index is 12.8. The second-order valence-corrected chi connectivity index (χ2v) is 7.12. The van der Waals surface area contributed by atoms with Gasteiger partial charge in [0.25, 0.3) is 0 Å². The van der Waals surface area contributed by atoms with Gasteiger partial charge in [-0.3, -0.25) is 9.69 Å². The fourth-order valence-corrected chi connectivity index (χ4v) is 3.80. The first-order valence-corrected chi connectivity index (χ1v) is 9.79. The van der Waals surface area contributed by atoms with E-state index in [1.807, 2.05) is 55.5 Å². The molecule has 2 aromatic rings. The minimum absolute atomic E-state index is 0.0907. The topological polar surface area (TPSA) is 38.8 Å². The molecule has 0 aromatic heterocycles. The summed E-state index contributed by atoms with van der Waals surface area (Å²) >= 11 is 0. The van der Waals surface area contributed by atoms with Gasteiger partial charge in [0.1, 0.15) is 12.4 Å². The molecule has 1 aliphatic heterocycles. The van der Waals surface area contributed by atoms with Crippen molar-refractivity contribution in [2.75, 3.05) is 32.8 Å². The molecule has 3 rings (SSSR count). The zero-order valence-corrected chi connectivity index (χ0v) is 16.3. The van der Waals surface area contributed by atoms with Gasteiger partial charge in [0.15, 0.2) is 0 Å². The van der Waals surface area contributed by atoms with E-state index in [9.17, 15) is 4.79 Å². The second-order valence-electron chi connectivity index (χ2n) is 7.12. The lowest BCUT2D eigenvalue weighted by atomic mass is 9.72.